The predicted octanol–water partition coefficient (Wildman–Crippen LogP) is 1.71. The molecule has 1 aliphatic carbocycles. The summed E-state index contributed by atoms with van der Waals surface area (Å²) in [5.41, 5.74) is 1.55. The molecule has 1 fully saturated rings. The molecule has 0 saturated carbocycles. The third-order valence-electron chi connectivity index (χ3n) is 5.32. The predicted molar refractivity (Wildman–Crippen MR) is 113 cm³/mol. The molecule has 1 aromatic rings. The van der Waals surface area contributed by atoms with Crippen LogP contribution in [0.3, 0.4) is 0 Å². The van der Waals surface area contributed by atoms with Crippen molar-refractivity contribution in [3.05, 3.63) is 16.0 Å². The molecular weight excluding hydrogens is 414 g/mol. The van der Waals surface area contributed by atoms with Crippen LogP contribution in [0.1, 0.15) is 47.0 Å². The summed E-state index contributed by atoms with van der Waals surface area (Å²) in [4.78, 5) is 28.3. The van der Waals surface area contributed by atoms with E-state index in [0.717, 1.165) is 37.7 Å². The van der Waals surface area contributed by atoms with Gasteiger partial charge in [-0.25, -0.2) is 13.2 Å². The molecule has 8 nitrogen and oxygen atoms in total. The van der Waals surface area contributed by atoms with Gasteiger partial charge in [-0.1, -0.05) is 6.42 Å². The highest BCUT2D eigenvalue weighted by molar-refractivity contribution is 7.88. The molecule has 29 heavy (non-hydrogen) atoms. The third-order valence-corrected chi connectivity index (χ3v) is 7.83. The Morgan fingerprint density at radius 1 is 1.10 bits per heavy atom. The van der Waals surface area contributed by atoms with Crippen LogP contribution in [0, 0.1) is 0 Å². The Labute approximate surface area is 176 Å². The Balaban J connectivity index is 1.68. The lowest BCUT2D eigenvalue weighted by atomic mass is 10.1. The number of rotatable bonds is 6. The molecule has 1 amide bonds. The minimum atomic E-state index is -3.20. The summed E-state index contributed by atoms with van der Waals surface area (Å²) in [5.74, 6) is -0.566. The van der Waals surface area contributed by atoms with Gasteiger partial charge >= 0.3 is 5.97 Å². The van der Waals surface area contributed by atoms with Crippen molar-refractivity contribution >= 4 is 38.2 Å². The van der Waals surface area contributed by atoms with Crippen LogP contribution in [-0.4, -0.2) is 75.1 Å². The molecule has 0 spiro atoms. The van der Waals surface area contributed by atoms with E-state index in [0.29, 0.717) is 43.4 Å². The zero-order valence-corrected chi connectivity index (χ0v) is 18.7. The Morgan fingerprint density at radius 2 is 1.79 bits per heavy atom. The molecule has 0 atom stereocenters. The third kappa shape index (κ3) is 5.56. The van der Waals surface area contributed by atoms with E-state index in [1.165, 1.54) is 26.8 Å². The fraction of sp³-hybridized carbons (Fsp3) is 0.684. The van der Waals surface area contributed by atoms with E-state index in [1.807, 2.05) is 4.90 Å². The monoisotopic (exact) mass is 443 g/mol. The summed E-state index contributed by atoms with van der Waals surface area (Å²) in [6.07, 6.45) is 6.23. The van der Waals surface area contributed by atoms with Crippen molar-refractivity contribution in [3.63, 3.8) is 0 Å². The van der Waals surface area contributed by atoms with E-state index < -0.39 is 10.0 Å². The minimum absolute atomic E-state index is 0.169. The average molecular weight is 444 g/mol. The second-order valence-corrected chi connectivity index (χ2v) is 10.6. The van der Waals surface area contributed by atoms with Gasteiger partial charge in [0.25, 0.3) is 0 Å². The zero-order valence-electron chi connectivity index (χ0n) is 17.0. The van der Waals surface area contributed by atoms with Gasteiger partial charge in [0.1, 0.15) is 5.00 Å². The van der Waals surface area contributed by atoms with Crippen LogP contribution in [0.4, 0.5) is 5.00 Å². The number of carbonyl (C=O) groups is 2. The first kappa shape index (κ1) is 22.2. The van der Waals surface area contributed by atoms with Crippen LogP contribution in [0.15, 0.2) is 0 Å². The molecule has 0 unspecified atom stereocenters. The number of nitrogens with zero attached hydrogens (tertiary/aromatic N) is 2. The molecule has 3 rings (SSSR count). The lowest BCUT2D eigenvalue weighted by molar-refractivity contribution is -0.117. The van der Waals surface area contributed by atoms with Crippen molar-refractivity contribution in [2.45, 2.75) is 39.0 Å². The molecule has 0 aromatic carbocycles. The molecule has 0 bridgehead atoms. The Bertz CT molecular complexity index is 857. The highest BCUT2D eigenvalue weighted by Gasteiger charge is 2.28. The number of nitrogens with one attached hydrogen (secondary N) is 1. The Hall–Kier alpha value is -1.49. The van der Waals surface area contributed by atoms with Crippen molar-refractivity contribution in [2.24, 2.45) is 0 Å². The maximum absolute atomic E-state index is 12.6. The van der Waals surface area contributed by atoms with E-state index in [9.17, 15) is 18.0 Å². The van der Waals surface area contributed by atoms with E-state index in [4.69, 9.17) is 4.74 Å². The molecule has 162 valence electrons. The van der Waals surface area contributed by atoms with Gasteiger partial charge in [0.2, 0.25) is 15.9 Å². The molecule has 10 heteroatoms. The highest BCUT2D eigenvalue weighted by atomic mass is 32.2. The van der Waals surface area contributed by atoms with E-state index in [2.05, 4.69) is 5.32 Å². The summed E-state index contributed by atoms with van der Waals surface area (Å²) in [6.45, 7) is 4.01. The Kier molecular flexibility index (Phi) is 7.31. The number of fused-ring (bicyclic) bond motifs is 1. The summed E-state index contributed by atoms with van der Waals surface area (Å²) < 4.78 is 29.9. The van der Waals surface area contributed by atoms with Crippen LogP contribution >= 0.6 is 11.3 Å². The number of amides is 1. The van der Waals surface area contributed by atoms with Crippen molar-refractivity contribution in [2.75, 3.05) is 50.9 Å². The number of piperazine rings is 1. The van der Waals surface area contributed by atoms with Crippen molar-refractivity contribution < 1.29 is 22.7 Å². The largest absolute Gasteiger partial charge is 0.462 e. The van der Waals surface area contributed by atoms with Gasteiger partial charge < -0.3 is 10.1 Å². The van der Waals surface area contributed by atoms with Crippen LogP contribution in [0.25, 0.3) is 0 Å². The number of sulfonamides is 1. The highest BCUT2D eigenvalue weighted by Crippen LogP contribution is 2.38. The number of hydrogen-bond donors (Lipinski definition) is 1. The molecule has 1 aliphatic heterocycles. The molecule has 0 radical (unpaired) electrons. The number of carbonyl (C=O) groups excluding carboxylic acids is 2. The van der Waals surface area contributed by atoms with Gasteiger partial charge in [0.05, 0.1) is 25.0 Å². The van der Waals surface area contributed by atoms with Gasteiger partial charge in [-0.05, 0) is 38.2 Å². The van der Waals surface area contributed by atoms with Crippen molar-refractivity contribution in [1.29, 1.82) is 0 Å². The first-order valence-electron chi connectivity index (χ1n) is 10.1. The van der Waals surface area contributed by atoms with E-state index in [1.54, 1.807) is 6.92 Å². The maximum atomic E-state index is 12.6. The normalized spacial score (nSPS) is 18.7. The van der Waals surface area contributed by atoms with Crippen LogP contribution in [0.2, 0.25) is 0 Å². The smallest absolute Gasteiger partial charge is 0.341 e. The summed E-state index contributed by atoms with van der Waals surface area (Å²) in [7, 11) is -3.20. The lowest BCUT2D eigenvalue weighted by Crippen LogP contribution is -2.50. The van der Waals surface area contributed by atoms with E-state index >= 15 is 0 Å². The maximum Gasteiger partial charge on any atom is 0.341 e. The van der Waals surface area contributed by atoms with Crippen LogP contribution < -0.4 is 5.32 Å². The summed E-state index contributed by atoms with van der Waals surface area (Å²) in [6, 6.07) is 0. The van der Waals surface area contributed by atoms with Crippen LogP contribution in [0.5, 0.6) is 0 Å². The molecule has 1 aromatic heterocycles. The second kappa shape index (κ2) is 9.55. The van der Waals surface area contributed by atoms with E-state index in [-0.39, 0.29) is 18.4 Å². The minimum Gasteiger partial charge on any atom is -0.462 e. The second-order valence-electron chi connectivity index (χ2n) is 7.48. The van der Waals surface area contributed by atoms with Gasteiger partial charge in [-0.15, -0.1) is 11.3 Å². The molecule has 1 N–H and O–H groups in total. The molecule has 1 saturated heterocycles. The van der Waals surface area contributed by atoms with Gasteiger partial charge in [-0.3, -0.25) is 9.69 Å². The summed E-state index contributed by atoms with van der Waals surface area (Å²) >= 11 is 1.48. The number of thiophene rings is 1. The SMILES string of the molecule is CCOC(=O)c1c(NC(=O)CN2CCN(S(C)(=O)=O)CC2)sc2c1CCCCC2. The van der Waals surface area contributed by atoms with Gasteiger partial charge in [0.15, 0.2) is 0 Å². The number of esters is 1. The fourth-order valence-electron chi connectivity index (χ4n) is 3.84. The molecular formula is C19H29N3O5S2. The summed E-state index contributed by atoms with van der Waals surface area (Å²) in [5, 5.41) is 3.50. The first-order valence-corrected chi connectivity index (χ1v) is 12.7. The Morgan fingerprint density at radius 3 is 2.45 bits per heavy atom. The first-order chi connectivity index (χ1) is 13.8. The number of aryl methyl sites for hydroxylation is 1. The number of hydrogen-bond acceptors (Lipinski definition) is 7. The topological polar surface area (TPSA) is 96.0 Å². The zero-order chi connectivity index (χ0) is 21.0. The standard InChI is InChI=1S/C19H29N3O5S2/c1-3-27-19(24)17-14-7-5-4-6-8-15(14)28-18(17)20-16(23)13-21-9-11-22(12-10-21)29(2,25)26/h3-13H2,1-2H3,(H,20,23). The number of anilines is 1. The number of ether oxygens (including phenoxy) is 1. The molecule has 2 aliphatic rings. The van der Waals surface area contributed by atoms with Crippen molar-refractivity contribution in [1.82, 2.24) is 9.21 Å². The fourth-order valence-corrected chi connectivity index (χ4v) is 5.96. The van der Waals surface area contributed by atoms with Crippen LogP contribution in [-0.2, 0) is 32.4 Å². The van der Waals surface area contributed by atoms with Crippen molar-refractivity contribution in [3.8, 4) is 0 Å². The van der Waals surface area contributed by atoms with Gasteiger partial charge in [0, 0.05) is 31.1 Å². The van der Waals surface area contributed by atoms with Gasteiger partial charge in [-0.2, -0.15) is 4.31 Å². The molecule has 2 heterocycles. The average Bonchev–Trinajstić information content (AvgIpc) is 2.82. The lowest BCUT2D eigenvalue weighted by Gasteiger charge is -2.32. The quantitative estimate of drug-likeness (QED) is 0.531.